The van der Waals surface area contributed by atoms with Crippen molar-refractivity contribution in [1.82, 2.24) is 15.1 Å². The summed E-state index contributed by atoms with van der Waals surface area (Å²) in [5, 5.41) is 8.18. The van der Waals surface area contributed by atoms with E-state index >= 15 is 0 Å². The maximum absolute atomic E-state index is 4.59. The highest BCUT2D eigenvalue weighted by molar-refractivity contribution is 9.10. The van der Waals surface area contributed by atoms with Crippen LogP contribution in [-0.2, 0) is 19.9 Å². The number of halogens is 1. The van der Waals surface area contributed by atoms with Crippen molar-refractivity contribution >= 4 is 27.3 Å². The normalized spacial score (nSPS) is 12.8. The number of aryl methyl sites for hydroxylation is 3. The second-order valence-electron chi connectivity index (χ2n) is 4.95. The summed E-state index contributed by atoms with van der Waals surface area (Å²) in [7, 11) is 2.03. The van der Waals surface area contributed by atoms with Gasteiger partial charge in [0.15, 0.2) is 0 Å². The van der Waals surface area contributed by atoms with E-state index in [0.29, 0.717) is 6.04 Å². The Hall–Kier alpha value is -0.650. The van der Waals surface area contributed by atoms with Gasteiger partial charge in [-0.25, -0.2) is 0 Å². The minimum absolute atomic E-state index is 0.357. The van der Waals surface area contributed by atoms with Crippen LogP contribution in [0.3, 0.4) is 0 Å². The lowest BCUT2D eigenvalue weighted by Gasteiger charge is -2.17. The van der Waals surface area contributed by atoms with E-state index in [1.54, 1.807) is 0 Å². The summed E-state index contributed by atoms with van der Waals surface area (Å²) in [5.74, 6) is 0. The van der Waals surface area contributed by atoms with Gasteiger partial charge in [0.2, 0.25) is 0 Å². The summed E-state index contributed by atoms with van der Waals surface area (Å²) in [4.78, 5) is 2.76. The zero-order valence-corrected chi connectivity index (χ0v) is 14.9. The molecule has 0 saturated carbocycles. The molecular formula is C15H22BrN3S. The summed E-state index contributed by atoms with van der Waals surface area (Å²) >= 11 is 5.58. The standard InChI is InChI=1S/C15H22BrN3S/c1-5-11-15(16)13(19(4)18-11)9-12(17-6-2)14-8-7-10(3)20-14/h7-8,12,17H,5-6,9H2,1-4H3. The maximum atomic E-state index is 4.59. The van der Waals surface area contributed by atoms with Crippen LogP contribution < -0.4 is 5.32 Å². The molecule has 20 heavy (non-hydrogen) atoms. The first-order chi connectivity index (χ1) is 9.56. The van der Waals surface area contributed by atoms with Crippen molar-refractivity contribution in [3.63, 3.8) is 0 Å². The highest BCUT2D eigenvalue weighted by Gasteiger charge is 2.19. The number of hydrogen-bond donors (Lipinski definition) is 1. The van der Waals surface area contributed by atoms with Gasteiger partial charge in [0.05, 0.1) is 15.9 Å². The van der Waals surface area contributed by atoms with Crippen LogP contribution in [0.4, 0.5) is 0 Å². The van der Waals surface area contributed by atoms with E-state index in [1.807, 2.05) is 23.1 Å². The first kappa shape index (κ1) is 15.7. The molecule has 0 fully saturated rings. The van der Waals surface area contributed by atoms with Crippen LogP contribution in [0.25, 0.3) is 0 Å². The summed E-state index contributed by atoms with van der Waals surface area (Å²) in [6, 6.07) is 4.79. The average Bonchev–Trinajstić information content (AvgIpc) is 2.96. The molecule has 0 aliphatic carbocycles. The summed E-state index contributed by atoms with van der Waals surface area (Å²) < 4.78 is 3.17. The Morgan fingerprint density at radius 1 is 1.40 bits per heavy atom. The summed E-state index contributed by atoms with van der Waals surface area (Å²) in [6.07, 6.45) is 1.91. The highest BCUT2D eigenvalue weighted by Crippen LogP contribution is 2.29. The number of likely N-dealkylation sites (N-methyl/N-ethyl adjacent to an activating group) is 1. The van der Waals surface area contributed by atoms with E-state index in [1.165, 1.54) is 19.9 Å². The lowest BCUT2D eigenvalue weighted by atomic mass is 10.1. The fourth-order valence-electron chi connectivity index (χ4n) is 2.40. The number of nitrogens with zero attached hydrogens (tertiary/aromatic N) is 2. The average molecular weight is 356 g/mol. The SMILES string of the molecule is CCNC(Cc1c(Br)c(CC)nn1C)c1ccc(C)s1. The molecule has 1 atom stereocenters. The Kier molecular flexibility index (Phi) is 5.41. The minimum atomic E-state index is 0.357. The molecule has 0 radical (unpaired) electrons. The lowest BCUT2D eigenvalue weighted by Crippen LogP contribution is -2.23. The van der Waals surface area contributed by atoms with Crippen LogP contribution in [0.15, 0.2) is 16.6 Å². The molecule has 0 aromatic carbocycles. The molecule has 110 valence electrons. The molecule has 5 heteroatoms. The Morgan fingerprint density at radius 2 is 2.15 bits per heavy atom. The number of thiophene rings is 1. The number of aromatic nitrogens is 2. The zero-order chi connectivity index (χ0) is 14.7. The molecule has 0 spiro atoms. The summed E-state index contributed by atoms with van der Waals surface area (Å²) in [5.41, 5.74) is 2.40. The smallest absolute Gasteiger partial charge is 0.0766 e. The van der Waals surface area contributed by atoms with E-state index in [9.17, 15) is 0 Å². The van der Waals surface area contributed by atoms with Gasteiger partial charge in [0, 0.05) is 29.3 Å². The van der Waals surface area contributed by atoms with Gasteiger partial charge in [-0.1, -0.05) is 13.8 Å². The van der Waals surface area contributed by atoms with E-state index in [0.717, 1.165) is 25.1 Å². The predicted octanol–water partition coefficient (Wildman–Crippen LogP) is 4.01. The third-order valence-corrected chi connectivity index (χ3v) is 5.49. The molecule has 1 unspecified atom stereocenters. The third kappa shape index (κ3) is 3.32. The molecule has 2 rings (SSSR count). The quantitative estimate of drug-likeness (QED) is 0.848. The van der Waals surface area contributed by atoms with Crippen molar-refractivity contribution in [2.45, 2.75) is 39.7 Å². The van der Waals surface area contributed by atoms with Crippen LogP contribution in [0.1, 0.15) is 41.0 Å². The van der Waals surface area contributed by atoms with E-state index in [-0.39, 0.29) is 0 Å². The number of hydrogen-bond acceptors (Lipinski definition) is 3. The first-order valence-electron chi connectivity index (χ1n) is 7.06. The largest absolute Gasteiger partial charge is 0.309 e. The van der Waals surface area contributed by atoms with Gasteiger partial charge in [0.1, 0.15) is 0 Å². The van der Waals surface area contributed by atoms with Gasteiger partial charge < -0.3 is 5.32 Å². The predicted molar refractivity (Wildman–Crippen MR) is 89.5 cm³/mol. The molecular weight excluding hydrogens is 334 g/mol. The van der Waals surface area contributed by atoms with Gasteiger partial charge in [0.25, 0.3) is 0 Å². The van der Waals surface area contributed by atoms with Gasteiger partial charge in [-0.3, -0.25) is 4.68 Å². The minimum Gasteiger partial charge on any atom is -0.309 e. The molecule has 2 aromatic heterocycles. The second-order valence-corrected chi connectivity index (χ2v) is 7.06. The van der Waals surface area contributed by atoms with Crippen LogP contribution in [0.2, 0.25) is 0 Å². The van der Waals surface area contributed by atoms with Crippen molar-refractivity contribution in [2.75, 3.05) is 6.54 Å². The number of rotatable bonds is 6. The van der Waals surface area contributed by atoms with E-state index < -0.39 is 0 Å². The van der Waals surface area contributed by atoms with Crippen LogP contribution in [-0.4, -0.2) is 16.3 Å². The van der Waals surface area contributed by atoms with Crippen molar-refractivity contribution < 1.29 is 0 Å². The molecule has 2 aromatic rings. The molecule has 2 heterocycles. The second kappa shape index (κ2) is 6.87. The van der Waals surface area contributed by atoms with Crippen molar-refractivity contribution in [3.8, 4) is 0 Å². The van der Waals surface area contributed by atoms with Crippen molar-refractivity contribution in [2.24, 2.45) is 7.05 Å². The van der Waals surface area contributed by atoms with Crippen LogP contribution >= 0.6 is 27.3 Å². The van der Waals surface area contributed by atoms with Gasteiger partial charge in [-0.2, -0.15) is 5.10 Å². The lowest BCUT2D eigenvalue weighted by molar-refractivity contribution is 0.535. The van der Waals surface area contributed by atoms with Gasteiger partial charge in [-0.05, 0) is 48.0 Å². The van der Waals surface area contributed by atoms with Crippen LogP contribution in [0, 0.1) is 6.92 Å². The highest BCUT2D eigenvalue weighted by atomic mass is 79.9. The fourth-order valence-corrected chi connectivity index (χ4v) is 4.13. The zero-order valence-electron chi connectivity index (χ0n) is 12.5. The van der Waals surface area contributed by atoms with Gasteiger partial charge in [-0.15, -0.1) is 11.3 Å². The summed E-state index contributed by atoms with van der Waals surface area (Å²) in [6.45, 7) is 7.43. The Labute approximate surface area is 133 Å². The van der Waals surface area contributed by atoms with E-state index in [4.69, 9.17) is 0 Å². The van der Waals surface area contributed by atoms with Crippen molar-refractivity contribution in [3.05, 3.63) is 37.7 Å². The molecule has 3 nitrogen and oxygen atoms in total. The van der Waals surface area contributed by atoms with E-state index in [2.05, 4.69) is 59.2 Å². The molecule has 1 N–H and O–H groups in total. The third-order valence-electron chi connectivity index (χ3n) is 3.46. The molecule has 0 bridgehead atoms. The monoisotopic (exact) mass is 355 g/mol. The Balaban J connectivity index is 2.26. The Morgan fingerprint density at radius 3 is 2.65 bits per heavy atom. The fraction of sp³-hybridized carbons (Fsp3) is 0.533. The topological polar surface area (TPSA) is 29.9 Å². The van der Waals surface area contributed by atoms with Crippen molar-refractivity contribution in [1.29, 1.82) is 0 Å². The molecule has 0 amide bonds. The Bertz CT molecular complexity index is 574. The van der Waals surface area contributed by atoms with Gasteiger partial charge >= 0.3 is 0 Å². The number of nitrogens with one attached hydrogen (secondary N) is 1. The first-order valence-corrected chi connectivity index (χ1v) is 8.67. The maximum Gasteiger partial charge on any atom is 0.0766 e. The molecule has 0 saturated heterocycles. The van der Waals surface area contributed by atoms with Crippen LogP contribution in [0.5, 0.6) is 0 Å². The molecule has 0 aliphatic rings. The molecule has 0 aliphatic heterocycles.